The Hall–Kier alpha value is -3.24. The molecule has 0 bridgehead atoms. The Bertz CT molecular complexity index is 1940. The number of imidazole rings is 1. The van der Waals surface area contributed by atoms with Crippen LogP contribution < -0.4 is 14.4 Å². The topological polar surface area (TPSA) is 133 Å². The van der Waals surface area contributed by atoms with Crippen LogP contribution in [0, 0.1) is 0 Å². The largest absolute Gasteiger partial charge is 0.456 e. The third-order valence-corrected chi connectivity index (χ3v) is 11.3. The number of halogens is 1. The van der Waals surface area contributed by atoms with E-state index in [1.165, 1.54) is 0 Å². The van der Waals surface area contributed by atoms with Crippen molar-refractivity contribution in [3.8, 4) is 17.3 Å². The fourth-order valence-electron chi connectivity index (χ4n) is 6.17. The van der Waals surface area contributed by atoms with Crippen LogP contribution in [0.5, 0.6) is 6.01 Å². The molecular weight excluding hydrogens is 672 g/mol. The number of pyridine rings is 2. The van der Waals surface area contributed by atoms with Gasteiger partial charge in [0.25, 0.3) is 0 Å². The zero-order valence-electron chi connectivity index (χ0n) is 27.5. The van der Waals surface area contributed by atoms with Crippen molar-refractivity contribution in [2.75, 3.05) is 35.7 Å². The number of nitrogens with zero attached hydrogens (tertiary/aromatic N) is 5. The molecule has 12 nitrogen and oxygen atoms in total. The summed E-state index contributed by atoms with van der Waals surface area (Å²) < 4.78 is 40.9. The molecule has 256 valence electrons. The van der Waals surface area contributed by atoms with Gasteiger partial charge in [0, 0.05) is 48.4 Å². The number of aliphatic hydroxyl groups is 1. The van der Waals surface area contributed by atoms with Gasteiger partial charge in [-0.05, 0) is 41.7 Å². The molecule has 15 heteroatoms. The molecule has 3 aromatic heterocycles. The van der Waals surface area contributed by atoms with E-state index in [9.17, 15) is 9.32 Å². The summed E-state index contributed by atoms with van der Waals surface area (Å²) in [6, 6.07) is 15.1. The molecule has 2 fully saturated rings. The van der Waals surface area contributed by atoms with Gasteiger partial charge in [-0.15, -0.1) is 0 Å². The number of hydrogen-bond acceptors (Lipinski definition) is 10. The molecule has 7 rings (SSSR count). The summed E-state index contributed by atoms with van der Waals surface area (Å²) in [5.74, 6) is 4.22. The lowest BCUT2D eigenvalue weighted by atomic mass is 10.1. The van der Waals surface area contributed by atoms with Gasteiger partial charge in [-0.1, -0.05) is 49.4 Å². The highest BCUT2D eigenvalue weighted by Crippen LogP contribution is 2.35. The van der Waals surface area contributed by atoms with Crippen LogP contribution in [-0.2, 0) is 43.7 Å². The van der Waals surface area contributed by atoms with E-state index in [4.69, 9.17) is 40.5 Å². The second-order valence-electron chi connectivity index (χ2n) is 14.0. The Morgan fingerprint density at radius 1 is 1.08 bits per heavy atom. The molecule has 0 saturated carbocycles. The molecule has 2 saturated heterocycles. The number of nitrogens with one attached hydrogen (secondary N) is 1. The van der Waals surface area contributed by atoms with Crippen molar-refractivity contribution in [3.63, 3.8) is 0 Å². The maximum Gasteiger partial charge on any atom is 0.301 e. The molecule has 0 amide bonds. The van der Waals surface area contributed by atoms with Gasteiger partial charge in [-0.3, -0.25) is 9.29 Å². The molecule has 4 aromatic rings. The summed E-state index contributed by atoms with van der Waals surface area (Å²) in [5.41, 5.74) is 5.75. The number of benzene rings is 1. The van der Waals surface area contributed by atoms with Crippen LogP contribution in [0.2, 0.25) is 30.7 Å². The summed E-state index contributed by atoms with van der Waals surface area (Å²) in [7, 11) is -3.71. The van der Waals surface area contributed by atoms with E-state index < -0.39 is 36.1 Å². The summed E-state index contributed by atoms with van der Waals surface area (Å²) in [6.07, 6.45) is -0.356. The monoisotopic (exact) mass is 712 g/mol. The molecule has 1 aromatic carbocycles. The lowest BCUT2D eigenvalue weighted by Crippen LogP contribution is -2.35. The molecular formula is C33H41ClN6O6SSi. The Morgan fingerprint density at radius 2 is 1.85 bits per heavy atom. The van der Waals surface area contributed by atoms with Crippen LogP contribution in [0.1, 0.15) is 11.3 Å². The summed E-state index contributed by atoms with van der Waals surface area (Å²) >= 11 is 6.83. The zero-order chi connectivity index (χ0) is 33.8. The molecule has 0 radical (unpaired) electrons. The fourth-order valence-corrected chi connectivity index (χ4v) is 7.74. The Labute approximate surface area is 286 Å². The van der Waals surface area contributed by atoms with Gasteiger partial charge in [0.1, 0.15) is 36.4 Å². The van der Waals surface area contributed by atoms with Crippen molar-refractivity contribution in [1.82, 2.24) is 19.5 Å². The average molecular weight is 713 g/mol. The number of hydrogen-bond donors (Lipinski definition) is 2. The van der Waals surface area contributed by atoms with Crippen LogP contribution in [0.25, 0.3) is 22.4 Å². The van der Waals surface area contributed by atoms with Crippen molar-refractivity contribution >= 4 is 57.9 Å². The van der Waals surface area contributed by atoms with Crippen molar-refractivity contribution < 1.29 is 28.3 Å². The van der Waals surface area contributed by atoms with Gasteiger partial charge in [-0.25, -0.2) is 14.2 Å². The fraction of sp³-hybridized carbons (Fsp3) is 0.455. The van der Waals surface area contributed by atoms with Gasteiger partial charge in [-0.2, -0.15) is 4.98 Å². The van der Waals surface area contributed by atoms with Gasteiger partial charge >= 0.3 is 6.01 Å². The van der Waals surface area contributed by atoms with E-state index in [1.807, 2.05) is 28.8 Å². The van der Waals surface area contributed by atoms with E-state index in [2.05, 4.69) is 52.3 Å². The third-order valence-electron chi connectivity index (χ3n) is 8.69. The molecule has 48 heavy (non-hydrogen) atoms. The number of aliphatic hydroxyl groups excluding tert-OH is 1. The predicted octanol–water partition coefficient (Wildman–Crippen LogP) is 4.56. The van der Waals surface area contributed by atoms with E-state index in [0.29, 0.717) is 46.9 Å². The summed E-state index contributed by atoms with van der Waals surface area (Å²) in [4.78, 5) is 16.7. The minimum Gasteiger partial charge on any atom is -0.456 e. The van der Waals surface area contributed by atoms with Crippen LogP contribution >= 0.6 is 11.6 Å². The molecule has 3 aliphatic rings. The lowest BCUT2D eigenvalue weighted by Gasteiger charge is -2.19. The number of rotatable bonds is 11. The van der Waals surface area contributed by atoms with E-state index in [-0.39, 0.29) is 26.0 Å². The predicted molar refractivity (Wildman–Crippen MR) is 191 cm³/mol. The molecule has 3 aliphatic heterocycles. The van der Waals surface area contributed by atoms with Gasteiger partial charge in [0.05, 0.1) is 36.2 Å². The van der Waals surface area contributed by atoms with Crippen LogP contribution in [0.3, 0.4) is 0 Å². The first-order chi connectivity index (χ1) is 22.8. The SMILES string of the molecule is C=S(C)(=O)Nc1ccc2c(n1)CN(c1ccc(-c3nc4c(cc3Cl)nc(O[C@@H]3CO[C@H]5[C@@H]3OC[C@H]5O)n4COCC[Si](C)(C)C)cc1)C2. The van der Waals surface area contributed by atoms with Gasteiger partial charge in [0.2, 0.25) is 0 Å². The van der Waals surface area contributed by atoms with Crippen LogP contribution in [-0.4, -0.2) is 93.3 Å². The van der Waals surface area contributed by atoms with Crippen molar-refractivity contribution in [2.45, 2.75) is 69.9 Å². The standard InChI is InChI=1S/C33H41ClN6O6SSi/c1-47(2,42)38-28-11-8-21-15-39(16-25(21)35-28)22-9-6-20(7-10-22)29-23(34)14-24-32(37-29)40(19-43-12-13-48(3,4)5)33(36-24)46-27-18-45-30-26(41)17-44-31(27)30/h6-11,14,26-27,30-31,41H,1,12-13,15-19H2,2-5H3,(H,35,38,42)/t26-,27-,30-,31-,47?/m1/s1. The zero-order valence-corrected chi connectivity index (χ0v) is 30.1. The first-order valence-electron chi connectivity index (χ1n) is 16.0. The van der Waals surface area contributed by atoms with Crippen molar-refractivity contribution in [3.05, 3.63) is 58.7 Å². The number of ether oxygens (including phenoxy) is 4. The number of anilines is 2. The van der Waals surface area contributed by atoms with E-state index in [0.717, 1.165) is 35.1 Å². The van der Waals surface area contributed by atoms with Gasteiger partial charge < -0.3 is 29.0 Å². The Kier molecular flexibility index (Phi) is 8.94. The number of fused-ring (bicyclic) bond motifs is 3. The van der Waals surface area contributed by atoms with Crippen molar-refractivity contribution in [1.29, 1.82) is 0 Å². The highest BCUT2D eigenvalue weighted by Gasteiger charge is 2.49. The molecule has 1 unspecified atom stereocenters. The smallest absolute Gasteiger partial charge is 0.301 e. The second kappa shape index (κ2) is 12.9. The lowest BCUT2D eigenvalue weighted by molar-refractivity contribution is 0.00336. The van der Waals surface area contributed by atoms with Crippen LogP contribution in [0.15, 0.2) is 42.5 Å². The molecule has 6 heterocycles. The molecule has 5 atom stereocenters. The minimum absolute atomic E-state index is 0.208. The second-order valence-corrected chi connectivity index (χ2v) is 22.2. The highest BCUT2D eigenvalue weighted by atomic mass is 35.5. The van der Waals surface area contributed by atoms with E-state index in [1.54, 1.807) is 12.3 Å². The average Bonchev–Trinajstić information content (AvgIpc) is 3.78. The quantitative estimate of drug-likeness (QED) is 0.130. The Morgan fingerprint density at radius 3 is 2.60 bits per heavy atom. The third kappa shape index (κ3) is 7.06. The summed E-state index contributed by atoms with van der Waals surface area (Å²) in [5, 5.41) is 10.7. The van der Waals surface area contributed by atoms with Gasteiger partial charge in [0.15, 0.2) is 11.8 Å². The van der Waals surface area contributed by atoms with E-state index >= 15 is 0 Å². The van der Waals surface area contributed by atoms with Crippen molar-refractivity contribution in [2.24, 2.45) is 0 Å². The molecule has 0 spiro atoms. The summed E-state index contributed by atoms with van der Waals surface area (Å²) in [6.45, 7) is 9.61. The normalized spacial score (nSPS) is 23.3. The maximum atomic E-state index is 12.1. The maximum absolute atomic E-state index is 12.1. The molecule has 0 aliphatic carbocycles. The first-order valence-corrected chi connectivity index (χ1v) is 22.2. The minimum atomic E-state index is -2.41. The molecule has 2 N–H and O–H groups in total. The Balaban J connectivity index is 1.13. The number of aromatic nitrogens is 4. The first kappa shape index (κ1) is 33.3. The van der Waals surface area contributed by atoms with Crippen LogP contribution in [0.4, 0.5) is 11.5 Å². The highest BCUT2D eigenvalue weighted by molar-refractivity contribution is 8.00.